The van der Waals surface area contributed by atoms with E-state index in [-0.39, 0.29) is 5.91 Å². The topological polar surface area (TPSA) is 59.9 Å². The van der Waals surface area contributed by atoms with Crippen LogP contribution in [0.5, 0.6) is 11.5 Å². The molecule has 30 heavy (non-hydrogen) atoms. The normalized spacial score (nSPS) is 11.8. The molecule has 0 saturated carbocycles. The Morgan fingerprint density at radius 3 is 2.30 bits per heavy atom. The molecule has 3 aromatic carbocycles. The van der Waals surface area contributed by atoms with Crippen molar-refractivity contribution in [2.24, 2.45) is 5.10 Å². The lowest BCUT2D eigenvalue weighted by Gasteiger charge is -2.12. The van der Waals surface area contributed by atoms with Crippen molar-refractivity contribution < 1.29 is 14.3 Å². The second-order valence-electron chi connectivity index (χ2n) is 6.79. The summed E-state index contributed by atoms with van der Waals surface area (Å²) in [6.07, 6.45) is 0.873. The van der Waals surface area contributed by atoms with Crippen LogP contribution in [0, 0.1) is 6.92 Å². The highest BCUT2D eigenvalue weighted by Gasteiger charge is 2.13. The lowest BCUT2D eigenvalue weighted by molar-refractivity contribution is -0.127. The number of carbonyl (C=O) groups excluding carboxylic acids is 1. The van der Waals surface area contributed by atoms with Crippen LogP contribution in [0.2, 0.25) is 5.02 Å². The van der Waals surface area contributed by atoms with E-state index in [4.69, 9.17) is 21.1 Å². The van der Waals surface area contributed by atoms with Gasteiger partial charge in [0.2, 0.25) is 0 Å². The van der Waals surface area contributed by atoms with E-state index in [0.717, 1.165) is 16.9 Å². The molecule has 5 nitrogen and oxygen atoms in total. The Balaban J connectivity index is 1.45. The number of hydrazone groups is 1. The van der Waals surface area contributed by atoms with E-state index >= 15 is 0 Å². The number of hydrogen-bond donors (Lipinski definition) is 1. The number of hydrogen-bond acceptors (Lipinski definition) is 4. The maximum Gasteiger partial charge on any atom is 0.280 e. The molecular weight excluding hydrogens is 400 g/mol. The fraction of sp³-hybridized carbons (Fsp3) is 0.167. The van der Waals surface area contributed by atoms with Crippen molar-refractivity contribution in [1.29, 1.82) is 0 Å². The Bertz CT molecular complexity index is 984. The summed E-state index contributed by atoms with van der Waals surface area (Å²) in [7, 11) is 0. The molecule has 0 aliphatic carbocycles. The first kappa shape index (κ1) is 21.4. The van der Waals surface area contributed by atoms with Gasteiger partial charge in [0.15, 0.2) is 6.10 Å². The SMILES string of the molecule is Cc1ccc(COc2ccc(/C=N/NC(=O)C(C)Oc3ccc(Cl)cc3)cc2)cc1. The van der Waals surface area contributed by atoms with Crippen LogP contribution in [-0.2, 0) is 11.4 Å². The van der Waals surface area contributed by atoms with Crippen molar-refractivity contribution in [3.63, 3.8) is 0 Å². The molecule has 0 fully saturated rings. The van der Waals surface area contributed by atoms with Crippen molar-refractivity contribution in [2.75, 3.05) is 0 Å². The summed E-state index contributed by atoms with van der Waals surface area (Å²) in [6.45, 7) is 4.22. The number of aryl methyl sites for hydroxylation is 1. The fourth-order valence-electron chi connectivity index (χ4n) is 2.53. The standard InChI is InChI=1S/C24H23ClN2O3/c1-17-3-5-20(6-4-17)16-29-22-11-7-19(8-12-22)15-26-27-24(28)18(2)30-23-13-9-21(25)10-14-23/h3-15,18H,16H2,1-2H3,(H,27,28)/b26-15+. The zero-order valence-corrected chi connectivity index (χ0v) is 17.6. The molecule has 6 heteroatoms. The van der Waals surface area contributed by atoms with Gasteiger partial charge in [-0.1, -0.05) is 41.4 Å². The zero-order chi connectivity index (χ0) is 21.3. The fourth-order valence-corrected chi connectivity index (χ4v) is 2.66. The van der Waals surface area contributed by atoms with Crippen LogP contribution in [0.15, 0.2) is 77.9 Å². The van der Waals surface area contributed by atoms with Crippen molar-refractivity contribution in [3.05, 3.63) is 94.5 Å². The van der Waals surface area contributed by atoms with Crippen LogP contribution < -0.4 is 14.9 Å². The predicted molar refractivity (Wildman–Crippen MR) is 119 cm³/mol. The van der Waals surface area contributed by atoms with E-state index in [0.29, 0.717) is 17.4 Å². The van der Waals surface area contributed by atoms with E-state index in [1.54, 1.807) is 37.4 Å². The molecule has 0 bridgehead atoms. The predicted octanol–water partition coefficient (Wildman–Crippen LogP) is 5.15. The van der Waals surface area contributed by atoms with Crippen LogP contribution in [0.25, 0.3) is 0 Å². The van der Waals surface area contributed by atoms with E-state index in [1.807, 2.05) is 24.3 Å². The summed E-state index contributed by atoms with van der Waals surface area (Å²) in [5, 5.41) is 4.59. The van der Waals surface area contributed by atoms with Crippen LogP contribution in [-0.4, -0.2) is 18.2 Å². The first-order chi connectivity index (χ1) is 14.5. The zero-order valence-electron chi connectivity index (χ0n) is 16.8. The molecule has 1 unspecified atom stereocenters. The van der Waals surface area contributed by atoms with Gasteiger partial charge in [0.1, 0.15) is 18.1 Å². The third-order valence-electron chi connectivity index (χ3n) is 4.29. The second kappa shape index (κ2) is 10.5. The Kier molecular flexibility index (Phi) is 7.46. The van der Waals surface area contributed by atoms with Crippen molar-refractivity contribution >= 4 is 23.7 Å². The molecule has 0 heterocycles. The molecule has 1 amide bonds. The van der Waals surface area contributed by atoms with E-state index in [1.165, 1.54) is 5.56 Å². The summed E-state index contributed by atoms with van der Waals surface area (Å²) in [6, 6.07) is 22.5. The van der Waals surface area contributed by atoms with Gasteiger partial charge in [-0.25, -0.2) is 5.43 Å². The van der Waals surface area contributed by atoms with Crippen molar-refractivity contribution in [3.8, 4) is 11.5 Å². The summed E-state index contributed by atoms with van der Waals surface area (Å²) in [4.78, 5) is 12.1. The van der Waals surface area contributed by atoms with Gasteiger partial charge >= 0.3 is 0 Å². The van der Waals surface area contributed by atoms with Gasteiger partial charge in [0.05, 0.1) is 6.21 Å². The summed E-state index contributed by atoms with van der Waals surface area (Å²) < 4.78 is 11.3. The minimum absolute atomic E-state index is 0.348. The molecule has 1 atom stereocenters. The van der Waals surface area contributed by atoms with Gasteiger partial charge in [-0.3, -0.25) is 4.79 Å². The Labute approximate surface area is 181 Å². The van der Waals surface area contributed by atoms with Crippen molar-refractivity contribution in [2.45, 2.75) is 26.6 Å². The Morgan fingerprint density at radius 2 is 1.63 bits per heavy atom. The molecule has 0 aliphatic heterocycles. The lowest BCUT2D eigenvalue weighted by Crippen LogP contribution is -2.33. The first-order valence-corrected chi connectivity index (χ1v) is 9.91. The summed E-state index contributed by atoms with van der Waals surface area (Å²) in [5.74, 6) is 0.980. The number of halogens is 1. The number of benzene rings is 3. The highest BCUT2D eigenvalue weighted by molar-refractivity contribution is 6.30. The van der Waals surface area contributed by atoms with Gasteiger partial charge in [-0.2, -0.15) is 5.10 Å². The molecule has 0 aliphatic rings. The van der Waals surface area contributed by atoms with Gasteiger partial charge in [-0.05, 0) is 73.5 Å². The first-order valence-electron chi connectivity index (χ1n) is 9.53. The maximum absolute atomic E-state index is 12.1. The van der Waals surface area contributed by atoms with E-state index in [9.17, 15) is 4.79 Å². The highest BCUT2D eigenvalue weighted by Crippen LogP contribution is 2.17. The molecule has 0 spiro atoms. The number of nitrogens with zero attached hydrogens (tertiary/aromatic N) is 1. The van der Waals surface area contributed by atoms with Gasteiger partial charge in [0.25, 0.3) is 5.91 Å². The average molecular weight is 423 g/mol. The minimum atomic E-state index is -0.694. The van der Waals surface area contributed by atoms with Crippen LogP contribution in [0.3, 0.4) is 0 Å². The number of ether oxygens (including phenoxy) is 2. The van der Waals surface area contributed by atoms with Crippen LogP contribution in [0.4, 0.5) is 0 Å². The number of rotatable bonds is 8. The van der Waals surface area contributed by atoms with Gasteiger partial charge in [0, 0.05) is 5.02 Å². The molecule has 0 aromatic heterocycles. The summed E-state index contributed by atoms with van der Waals surface area (Å²) in [5.41, 5.74) is 5.65. The minimum Gasteiger partial charge on any atom is -0.489 e. The second-order valence-corrected chi connectivity index (χ2v) is 7.23. The van der Waals surface area contributed by atoms with Crippen molar-refractivity contribution in [1.82, 2.24) is 5.43 Å². The molecule has 154 valence electrons. The quantitative estimate of drug-likeness (QED) is 0.403. The molecule has 1 N–H and O–H groups in total. The van der Waals surface area contributed by atoms with Gasteiger partial charge < -0.3 is 9.47 Å². The lowest BCUT2D eigenvalue weighted by atomic mass is 10.2. The Hall–Kier alpha value is -3.31. The molecule has 3 rings (SSSR count). The largest absolute Gasteiger partial charge is 0.489 e. The monoisotopic (exact) mass is 422 g/mol. The smallest absolute Gasteiger partial charge is 0.280 e. The Morgan fingerprint density at radius 1 is 1.00 bits per heavy atom. The highest BCUT2D eigenvalue weighted by atomic mass is 35.5. The van der Waals surface area contributed by atoms with Crippen LogP contribution >= 0.6 is 11.6 Å². The number of amides is 1. The number of nitrogens with one attached hydrogen (secondary N) is 1. The molecule has 0 radical (unpaired) electrons. The van der Waals surface area contributed by atoms with Gasteiger partial charge in [-0.15, -0.1) is 0 Å². The van der Waals surface area contributed by atoms with E-state index in [2.05, 4.69) is 41.7 Å². The third-order valence-corrected chi connectivity index (χ3v) is 4.54. The maximum atomic E-state index is 12.1. The molecular formula is C24H23ClN2O3. The van der Waals surface area contributed by atoms with E-state index < -0.39 is 6.10 Å². The summed E-state index contributed by atoms with van der Waals surface area (Å²) >= 11 is 5.84. The average Bonchev–Trinajstić information content (AvgIpc) is 2.76. The third kappa shape index (κ3) is 6.64. The molecule has 3 aromatic rings. The molecule has 0 saturated heterocycles. The van der Waals surface area contributed by atoms with Crippen LogP contribution in [0.1, 0.15) is 23.6 Å². The number of carbonyl (C=O) groups is 1.